The quantitative estimate of drug-likeness (QED) is 0.717. The maximum atomic E-state index is 13.6. The summed E-state index contributed by atoms with van der Waals surface area (Å²) in [7, 11) is 0. The minimum absolute atomic E-state index is 0.140. The molecule has 1 heterocycles. The van der Waals surface area contributed by atoms with Gasteiger partial charge in [-0.15, -0.1) is 0 Å². The summed E-state index contributed by atoms with van der Waals surface area (Å²) >= 11 is 0. The standard InChI is InChI=1S/C16H10FN3O/c1-10-4-2-6-13-15(10)16(20-9-19-13)21-14-7-3-5-12(17)11(14)8-18/h2-7,9H,1H3. The third-order valence-electron chi connectivity index (χ3n) is 3.13. The van der Waals surface area contributed by atoms with Gasteiger partial charge in [-0.05, 0) is 30.7 Å². The van der Waals surface area contributed by atoms with Crippen molar-refractivity contribution in [1.82, 2.24) is 9.97 Å². The van der Waals surface area contributed by atoms with E-state index in [0.717, 1.165) is 16.5 Å². The molecule has 0 aliphatic carbocycles. The molecule has 5 heteroatoms. The predicted octanol–water partition coefficient (Wildman–Crippen LogP) is 3.74. The van der Waals surface area contributed by atoms with Crippen LogP contribution in [-0.2, 0) is 0 Å². The van der Waals surface area contributed by atoms with Gasteiger partial charge in [-0.3, -0.25) is 0 Å². The predicted molar refractivity (Wildman–Crippen MR) is 75.5 cm³/mol. The number of hydrogen-bond acceptors (Lipinski definition) is 4. The lowest BCUT2D eigenvalue weighted by molar-refractivity contribution is 0.461. The number of halogens is 1. The highest BCUT2D eigenvalue weighted by atomic mass is 19.1. The van der Waals surface area contributed by atoms with Gasteiger partial charge in [0.1, 0.15) is 29.5 Å². The number of fused-ring (bicyclic) bond motifs is 1. The molecule has 0 aliphatic heterocycles. The minimum Gasteiger partial charge on any atom is -0.437 e. The molecule has 0 spiro atoms. The third kappa shape index (κ3) is 2.28. The van der Waals surface area contributed by atoms with Crippen molar-refractivity contribution < 1.29 is 9.13 Å². The van der Waals surface area contributed by atoms with Crippen LogP contribution in [0.2, 0.25) is 0 Å². The van der Waals surface area contributed by atoms with Gasteiger partial charge in [-0.25, -0.2) is 14.4 Å². The first kappa shape index (κ1) is 13.0. The number of aryl methyl sites for hydroxylation is 1. The number of nitrogens with zero attached hydrogens (tertiary/aromatic N) is 3. The van der Waals surface area contributed by atoms with Gasteiger partial charge in [0.05, 0.1) is 10.9 Å². The highest BCUT2D eigenvalue weighted by Gasteiger charge is 2.13. The van der Waals surface area contributed by atoms with Crippen molar-refractivity contribution in [3.8, 4) is 17.7 Å². The van der Waals surface area contributed by atoms with Crippen LogP contribution in [0, 0.1) is 24.1 Å². The summed E-state index contributed by atoms with van der Waals surface area (Å²) in [5.74, 6) is -0.175. The fourth-order valence-corrected chi connectivity index (χ4v) is 2.13. The average Bonchev–Trinajstić information content (AvgIpc) is 2.48. The molecular formula is C16H10FN3O. The fourth-order valence-electron chi connectivity index (χ4n) is 2.13. The van der Waals surface area contributed by atoms with E-state index in [1.807, 2.05) is 25.1 Å². The molecule has 1 aromatic heterocycles. The molecule has 0 fully saturated rings. The minimum atomic E-state index is -0.620. The van der Waals surface area contributed by atoms with Gasteiger partial charge in [-0.2, -0.15) is 5.26 Å². The first-order valence-electron chi connectivity index (χ1n) is 6.27. The Morgan fingerprint density at radius 1 is 1.14 bits per heavy atom. The van der Waals surface area contributed by atoms with Gasteiger partial charge in [0.15, 0.2) is 0 Å². The summed E-state index contributed by atoms with van der Waals surface area (Å²) in [6, 6.07) is 11.7. The van der Waals surface area contributed by atoms with Gasteiger partial charge >= 0.3 is 0 Å². The Morgan fingerprint density at radius 3 is 2.76 bits per heavy atom. The van der Waals surface area contributed by atoms with Gasteiger partial charge in [-0.1, -0.05) is 18.2 Å². The van der Waals surface area contributed by atoms with E-state index in [1.165, 1.54) is 24.5 Å². The molecule has 0 aliphatic rings. The zero-order valence-corrected chi connectivity index (χ0v) is 11.2. The van der Waals surface area contributed by atoms with E-state index < -0.39 is 5.82 Å². The summed E-state index contributed by atoms with van der Waals surface area (Å²) in [4.78, 5) is 8.28. The molecule has 0 saturated carbocycles. The number of nitriles is 1. The van der Waals surface area contributed by atoms with Crippen molar-refractivity contribution in [1.29, 1.82) is 5.26 Å². The van der Waals surface area contributed by atoms with E-state index in [2.05, 4.69) is 9.97 Å². The van der Waals surface area contributed by atoms with Crippen LogP contribution in [0.5, 0.6) is 11.6 Å². The van der Waals surface area contributed by atoms with Crippen LogP contribution in [0.1, 0.15) is 11.1 Å². The third-order valence-corrected chi connectivity index (χ3v) is 3.13. The van der Waals surface area contributed by atoms with Crippen molar-refractivity contribution in [2.75, 3.05) is 0 Å². The van der Waals surface area contributed by atoms with E-state index >= 15 is 0 Å². The molecular weight excluding hydrogens is 269 g/mol. The largest absolute Gasteiger partial charge is 0.437 e. The van der Waals surface area contributed by atoms with Crippen LogP contribution in [0.4, 0.5) is 4.39 Å². The van der Waals surface area contributed by atoms with Gasteiger partial charge in [0, 0.05) is 0 Å². The van der Waals surface area contributed by atoms with Gasteiger partial charge < -0.3 is 4.74 Å². The Morgan fingerprint density at radius 2 is 1.95 bits per heavy atom. The van der Waals surface area contributed by atoms with E-state index in [-0.39, 0.29) is 11.3 Å². The summed E-state index contributed by atoms with van der Waals surface area (Å²) < 4.78 is 19.3. The van der Waals surface area contributed by atoms with Crippen molar-refractivity contribution in [2.24, 2.45) is 0 Å². The van der Waals surface area contributed by atoms with Crippen LogP contribution in [-0.4, -0.2) is 9.97 Å². The molecule has 0 bridgehead atoms. The Hall–Kier alpha value is -3.00. The highest BCUT2D eigenvalue weighted by Crippen LogP contribution is 2.31. The second-order valence-corrected chi connectivity index (χ2v) is 4.47. The zero-order valence-electron chi connectivity index (χ0n) is 11.2. The second-order valence-electron chi connectivity index (χ2n) is 4.47. The van der Waals surface area contributed by atoms with E-state index in [0.29, 0.717) is 5.88 Å². The topological polar surface area (TPSA) is 58.8 Å². The molecule has 3 rings (SSSR count). The van der Waals surface area contributed by atoms with Crippen molar-refractivity contribution in [3.63, 3.8) is 0 Å². The number of benzene rings is 2. The lowest BCUT2D eigenvalue weighted by atomic mass is 10.1. The van der Waals surface area contributed by atoms with Gasteiger partial charge in [0.2, 0.25) is 5.88 Å². The zero-order chi connectivity index (χ0) is 14.8. The molecule has 102 valence electrons. The van der Waals surface area contributed by atoms with Crippen LogP contribution < -0.4 is 4.74 Å². The smallest absolute Gasteiger partial charge is 0.230 e. The van der Waals surface area contributed by atoms with Crippen LogP contribution in [0.3, 0.4) is 0 Å². The van der Waals surface area contributed by atoms with Crippen molar-refractivity contribution >= 4 is 10.9 Å². The molecule has 0 amide bonds. The average molecular weight is 279 g/mol. The van der Waals surface area contributed by atoms with Crippen LogP contribution in [0.15, 0.2) is 42.7 Å². The fraction of sp³-hybridized carbons (Fsp3) is 0.0625. The molecule has 4 nitrogen and oxygen atoms in total. The van der Waals surface area contributed by atoms with Gasteiger partial charge in [0.25, 0.3) is 0 Å². The first-order chi connectivity index (χ1) is 10.2. The maximum Gasteiger partial charge on any atom is 0.230 e. The number of rotatable bonds is 2. The van der Waals surface area contributed by atoms with Crippen LogP contribution >= 0.6 is 0 Å². The summed E-state index contributed by atoms with van der Waals surface area (Å²) in [5.41, 5.74) is 1.53. The van der Waals surface area contributed by atoms with Crippen molar-refractivity contribution in [2.45, 2.75) is 6.92 Å². The number of aromatic nitrogens is 2. The Labute approximate surface area is 120 Å². The van der Waals surface area contributed by atoms with E-state index in [4.69, 9.17) is 10.00 Å². The molecule has 0 unspecified atom stereocenters. The molecule has 2 aromatic carbocycles. The molecule has 3 aromatic rings. The van der Waals surface area contributed by atoms with Crippen LogP contribution in [0.25, 0.3) is 10.9 Å². The molecule has 0 radical (unpaired) electrons. The SMILES string of the molecule is Cc1cccc2ncnc(Oc3cccc(F)c3C#N)c12. The lowest BCUT2D eigenvalue weighted by Gasteiger charge is -2.10. The normalized spacial score (nSPS) is 10.3. The lowest BCUT2D eigenvalue weighted by Crippen LogP contribution is -1.96. The first-order valence-corrected chi connectivity index (χ1v) is 6.27. The Bertz CT molecular complexity index is 866. The monoisotopic (exact) mass is 279 g/mol. The number of hydrogen-bond donors (Lipinski definition) is 0. The molecule has 0 saturated heterocycles. The second kappa shape index (κ2) is 5.17. The number of ether oxygens (including phenoxy) is 1. The molecule has 21 heavy (non-hydrogen) atoms. The highest BCUT2D eigenvalue weighted by molar-refractivity contribution is 5.86. The summed E-state index contributed by atoms with van der Waals surface area (Å²) in [5, 5.41) is 9.79. The Kier molecular flexibility index (Phi) is 3.20. The maximum absolute atomic E-state index is 13.6. The summed E-state index contributed by atoms with van der Waals surface area (Å²) in [6.07, 6.45) is 1.38. The Balaban J connectivity index is 2.16. The van der Waals surface area contributed by atoms with Crippen molar-refractivity contribution in [3.05, 3.63) is 59.7 Å². The molecule has 0 atom stereocenters. The molecule has 0 N–H and O–H groups in total. The van der Waals surface area contributed by atoms with E-state index in [9.17, 15) is 4.39 Å². The summed E-state index contributed by atoms with van der Waals surface area (Å²) in [6.45, 7) is 1.91. The van der Waals surface area contributed by atoms with E-state index in [1.54, 1.807) is 6.07 Å².